The number of rotatable bonds is 1. The summed E-state index contributed by atoms with van der Waals surface area (Å²) in [4.78, 5) is 5.37. The molecular weight excluding hydrogens is 166 g/mol. The zero-order chi connectivity index (χ0) is 9.26. The molecule has 70 valence electrons. The van der Waals surface area contributed by atoms with Gasteiger partial charge in [0.25, 0.3) is 0 Å². The molecule has 0 saturated carbocycles. The van der Waals surface area contributed by atoms with E-state index in [1.165, 1.54) is 0 Å². The smallest absolute Gasteiger partial charge is 0.0766 e. The molecule has 1 saturated heterocycles. The predicted octanol–water partition coefficient (Wildman–Crippen LogP) is 0.993. The molecule has 0 amide bonds. The first-order valence-corrected chi connectivity index (χ1v) is 4.33. The van der Waals surface area contributed by atoms with E-state index in [1.54, 1.807) is 6.07 Å². The largest absolute Gasteiger partial charge is 0.397 e. The van der Waals surface area contributed by atoms with Crippen molar-refractivity contribution in [2.24, 2.45) is 0 Å². The lowest BCUT2D eigenvalue weighted by molar-refractivity contribution is 0.168. The van der Waals surface area contributed by atoms with Gasteiger partial charge in [-0.2, -0.15) is 0 Å². The molecule has 1 aliphatic rings. The third kappa shape index (κ3) is 1.53. The van der Waals surface area contributed by atoms with Gasteiger partial charge in [0.1, 0.15) is 0 Å². The van der Waals surface area contributed by atoms with E-state index < -0.39 is 0 Å². The van der Waals surface area contributed by atoms with Crippen molar-refractivity contribution in [3.63, 3.8) is 0 Å². The second kappa shape index (κ2) is 3.14. The number of hydrogen-bond acceptors (Lipinski definition) is 4. The Morgan fingerprint density at radius 2 is 2.08 bits per heavy atom. The van der Waals surface area contributed by atoms with Crippen LogP contribution in [0.5, 0.6) is 0 Å². The summed E-state index contributed by atoms with van der Waals surface area (Å²) in [5.74, 6) is 0. The molecule has 13 heavy (non-hydrogen) atoms. The third-order valence-corrected chi connectivity index (χ3v) is 2.11. The number of nitrogens with zero attached hydrogens (tertiary/aromatic N) is 1. The highest BCUT2D eigenvalue weighted by molar-refractivity contribution is 5.69. The monoisotopic (exact) mass is 179 g/mol. The van der Waals surface area contributed by atoms with Crippen LogP contribution in [-0.2, 0) is 4.84 Å². The van der Waals surface area contributed by atoms with Gasteiger partial charge in [-0.15, -0.1) is 0 Å². The molecule has 1 heterocycles. The van der Waals surface area contributed by atoms with Crippen LogP contribution < -0.4 is 16.5 Å². The van der Waals surface area contributed by atoms with Crippen LogP contribution in [0, 0.1) is 0 Å². The minimum Gasteiger partial charge on any atom is -0.397 e. The second-order valence-corrected chi connectivity index (χ2v) is 3.10. The first kappa shape index (κ1) is 8.19. The summed E-state index contributed by atoms with van der Waals surface area (Å²) in [6.45, 7) is 1.70. The minimum atomic E-state index is 0.605. The molecule has 2 rings (SSSR count). The predicted molar refractivity (Wildman–Crippen MR) is 53.2 cm³/mol. The summed E-state index contributed by atoms with van der Waals surface area (Å²) in [6.07, 6.45) is 1.06. The maximum absolute atomic E-state index is 5.68. The van der Waals surface area contributed by atoms with Crippen LogP contribution >= 0.6 is 0 Å². The molecule has 1 aromatic rings. The van der Waals surface area contributed by atoms with E-state index in [1.807, 2.05) is 17.2 Å². The molecule has 4 nitrogen and oxygen atoms in total. The maximum Gasteiger partial charge on any atom is 0.0766 e. The molecule has 4 N–H and O–H groups in total. The highest BCUT2D eigenvalue weighted by Gasteiger charge is 2.13. The normalized spacial score (nSPS) is 16.5. The summed E-state index contributed by atoms with van der Waals surface area (Å²) in [5, 5.41) is 1.84. The maximum atomic E-state index is 5.68. The molecule has 4 heteroatoms. The molecule has 0 spiro atoms. The van der Waals surface area contributed by atoms with Gasteiger partial charge in [-0.05, 0) is 24.6 Å². The standard InChI is InChI=1S/C9H13N3O/c10-8-3-2-7(6-9(8)11)12-4-1-5-13-12/h2-3,6H,1,4-5,10-11H2. The average Bonchev–Trinajstić information content (AvgIpc) is 2.62. The van der Waals surface area contributed by atoms with E-state index in [0.29, 0.717) is 11.4 Å². The zero-order valence-electron chi connectivity index (χ0n) is 7.36. The van der Waals surface area contributed by atoms with Gasteiger partial charge in [0.05, 0.1) is 23.7 Å². The lowest BCUT2D eigenvalue weighted by Crippen LogP contribution is -2.16. The van der Waals surface area contributed by atoms with E-state index in [2.05, 4.69) is 0 Å². The molecule has 0 atom stereocenters. The first-order valence-electron chi connectivity index (χ1n) is 4.33. The lowest BCUT2D eigenvalue weighted by atomic mass is 10.2. The minimum absolute atomic E-state index is 0.605. The van der Waals surface area contributed by atoms with Gasteiger partial charge in [0.2, 0.25) is 0 Å². The van der Waals surface area contributed by atoms with E-state index >= 15 is 0 Å². The summed E-state index contributed by atoms with van der Waals surface area (Å²) in [6, 6.07) is 5.55. The topological polar surface area (TPSA) is 64.5 Å². The van der Waals surface area contributed by atoms with Crippen LogP contribution in [0.1, 0.15) is 6.42 Å². The number of nitrogens with two attached hydrogens (primary N) is 2. The van der Waals surface area contributed by atoms with Crippen LogP contribution in [0.25, 0.3) is 0 Å². The van der Waals surface area contributed by atoms with Crippen molar-refractivity contribution in [2.75, 3.05) is 29.7 Å². The fourth-order valence-corrected chi connectivity index (χ4v) is 1.37. The zero-order valence-corrected chi connectivity index (χ0v) is 7.36. The van der Waals surface area contributed by atoms with Gasteiger partial charge in [-0.25, -0.2) is 0 Å². The molecule has 0 aliphatic carbocycles. The highest BCUT2D eigenvalue weighted by Crippen LogP contribution is 2.24. The average molecular weight is 179 g/mol. The van der Waals surface area contributed by atoms with Gasteiger partial charge >= 0.3 is 0 Å². The Balaban J connectivity index is 2.25. The quantitative estimate of drug-likeness (QED) is 0.631. The van der Waals surface area contributed by atoms with Crippen molar-refractivity contribution < 1.29 is 4.84 Å². The molecule has 0 aromatic heterocycles. The number of anilines is 3. The Kier molecular flexibility index (Phi) is 1.98. The summed E-state index contributed by atoms with van der Waals surface area (Å²) >= 11 is 0. The van der Waals surface area contributed by atoms with Crippen molar-refractivity contribution in [2.45, 2.75) is 6.42 Å². The van der Waals surface area contributed by atoms with Crippen molar-refractivity contribution in [1.82, 2.24) is 0 Å². The Hall–Kier alpha value is -1.42. The third-order valence-electron chi connectivity index (χ3n) is 2.11. The fourth-order valence-electron chi connectivity index (χ4n) is 1.37. The number of hydroxylamine groups is 1. The van der Waals surface area contributed by atoms with E-state index in [0.717, 1.165) is 25.3 Å². The van der Waals surface area contributed by atoms with E-state index in [9.17, 15) is 0 Å². The van der Waals surface area contributed by atoms with Gasteiger partial charge < -0.3 is 11.5 Å². The molecule has 0 radical (unpaired) electrons. The van der Waals surface area contributed by atoms with Gasteiger partial charge in [-0.3, -0.25) is 9.90 Å². The van der Waals surface area contributed by atoms with Gasteiger partial charge in [0.15, 0.2) is 0 Å². The number of nitrogen functional groups attached to an aromatic ring is 2. The summed E-state index contributed by atoms with van der Waals surface area (Å²) < 4.78 is 0. The molecule has 0 unspecified atom stereocenters. The number of hydrogen-bond donors (Lipinski definition) is 2. The van der Waals surface area contributed by atoms with Crippen molar-refractivity contribution in [3.05, 3.63) is 18.2 Å². The Morgan fingerprint density at radius 1 is 1.23 bits per heavy atom. The van der Waals surface area contributed by atoms with Gasteiger partial charge in [0, 0.05) is 6.54 Å². The highest BCUT2D eigenvalue weighted by atomic mass is 16.7. The number of benzene rings is 1. The molecule has 1 aliphatic heterocycles. The first-order chi connectivity index (χ1) is 6.27. The second-order valence-electron chi connectivity index (χ2n) is 3.10. The van der Waals surface area contributed by atoms with E-state index in [4.69, 9.17) is 16.3 Å². The van der Waals surface area contributed by atoms with Crippen LogP contribution in [0.2, 0.25) is 0 Å². The SMILES string of the molecule is Nc1ccc(N2CCCO2)cc1N. The molecular formula is C9H13N3O. The Morgan fingerprint density at radius 3 is 2.69 bits per heavy atom. The van der Waals surface area contributed by atoms with Crippen LogP contribution in [0.15, 0.2) is 18.2 Å². The Labute approximate surface area is 77.0 Å². The summed E-state index contributed by atoms with van der Waals surface area (Å²) in [5.41, 5.74) is 13.5. The van der Waals surface area contributed by atoms with Crippen molar-refractivity contribution in [3.8, 4) is 0 Å². The van der Waals surface area contributed by atoms with Gasteiger partial charge in [-0.1, -0.05) is 0 Å². The molecule has 1 aromatic carbocycles. The van der Waals surface area contributed by atoms with Crippen molar-refractivity contribution >= 4 is 17.1 Å². The van der Waals surface area contributed by atoms with Crippen LogP contribution in [0.4, 0.5) is 17.1 Å². The summed E-state index contributed by atoms with van der Waals surface area (Å²) in [7, 11) is 0. The van der Waals surface area contributed by atoms with Crippen LogP contribution in [0.3, 0.4) is 0 Å². The fraction of sp³-hybridized carbons (Fsp3) is 0.333. The van der Waals surface area contributed by atoms with Crippen LogP contribution in [-0.4, -0.2) is 13.2 Å². The molecule has 1 fully saturated rings. The van der Waals surface area contributed by atoms with Crippen molar-refractivity contribution in [1.29, 1.82) is 0 Å². The molecule has 0 bridgehead atoms. The Bertz CT molecular complexity index is 308. The lowest BCUT2D eigenvalue weighted by Gasteiger charge is -2.16. The van der Waals surface area contributed by atoms with E-state index in [-0.39, 0.29) is 0 Å².